The van der Waals surface area contributed by atoms with Crippen LogP contribution in [-0.2, 0) is 0 Å². The van der Waals surface area contributed by atoms with Gasteiger partial charge in [0.15, 0.2) is 0 Å². The molecule has 0 bridgehead atoms. The smallest absolute Gasteiger partial charge is 0.125 e. The molecule has 2 N–H and O–H groups in total. The highest BCUT2D eigenvalue weighted by molar-refractivity contribution is 5.96. The Kier molecular flexibility index (Phi) is 3.85. The lowest BCUT2D eigenvalue weighted by Gasteiger charge is -1.97. The monoisotopic (exact) mass is 192 g/mol. The van der Waals surface area contributed by atoms with Gasteiger partial charge in [-0.1, -0.05) is 13.0 Å². The van der Waals surface area contributed by atoms with Crippen LogP contribution in [0.1, 0.15) is 13.3 Å². The van der Waals surface area contributed by atoms with Gasteiger partial charge in [-0.25, -0.2) is 4.39 Å². The van der Waals surface area contributed by atoms with Crippen LogP contribution in [0, 0.1) is 5.82 Å². The van der Waals surface area contributed by atoms with Crippen LogP contribution in [0.2, 0.25) is 0 Å². The highest BCUT2D eigenvalue weighted by atomic mass is 19.1. The lowest BCUT2D eigenvalue weighted by atomic mass is 10.2. The third-order valence-electron chi connectivity index (χ3n) is 1.73. The minimum Gasteiger partial charge on any atom is -0.405 e. The summed E-state index contributed by atoms with van der Waals surface area (Å²) in [5.74, 6) is -0.279. The van der Waals surface area contributed by atoms with Gasteiger partial charge in [-0.3, -0.25) is 4.99 Å². The molecule has 1 aromatic rings. The van der Waals surface area contributed by atoms with E-state index in [1.54, 1.807) is 18.2 Å². The predicted molar refractivity (Wildman–Crippen MR) is 57.1 cm³/mol. The molecule has 0 aliphatic heterocycles. The minimum absolute atomic E-state index is 0.279. The first-order valence-corrected chi connectivity index (χ1v) is 4.47. The Balaban J connectivity index is 2.94. The van der Waals surface area contributed by atoms with Crippen molar-refractivity contribution in [2.75, 3.05) is 0 Å². The first-order chi connectivity index (χ1) is 6.76. The molecule has 0 fully saturated rings. The molecule has 0 heterocycles. The molecule has 1 aromatic carbocycles. The zero-order valence-electron chi connectivity index (χ0n) is 8.07. The number of nitrogens with two attached hydrogens (primary N) is 1. The average molecular weight is 192 g/mol. The van der Waals surface area contributed by atoms with Gasteiger partial charge in [0.25, 0.3) is 0 Å². The molecule has 0 unspecified atom stereocenters. The van der Waals surface area contributed by atoms with Crippen LogP contribution in [0.25, 0.3) is 0 Å². The topological polar surface area (TPSA) is 38.4 Å². The number of hydrogen-bond acceptors (Lipinski definition) is 2. The predicted octanol–water partition coefficient (Wildman–Crippen LogP) is 2.78. The Morgan fingerprint density at radius 3 is 2.93 bits per heavy atom. The SMILES string of the molecule is CCC(/C=C\N)=Nc1cccc(F)c1. The largest absolute Gasteiger partial charge is 0.405 e. The fourth-order valence-corrected chi connectivity index (χ4v) is 1.06. The van der Waals surface area contributed by atoms with Crippen molar-refractivity contribution in [1.29, 1.82) is 0 Å². The summed E-state index contributed by atoms with van der Waals surface area (Å²) >= 11 is 0. The number of rotatable bonds is 3. The van der Waals surface area contributed by atoms with Crippen molar-refractivity contribution in [2.45, 2.75) is 13.3 Å². The quantitative estimate of drug-likeness (QED) is 0.735. The van der Waals surface area contributed by atoms with Crippen molar-refractivity contribution in [3.05, 3.63) is 42.4 Å². The Bertz CT molecular complexity index is 356. The van der Waals surface area contributed by atoms with Crippen LogP contribution >= 0.6 is 0 Å². The third-order valence-corrected chi connectivity index (χ3v) is 1.73. The normalized spacial score (nSPS) is 12.3. The van der Waals surface area contributed by atoms with E-state index in [4.69, 9.17) is 5.73 Å². The van der Waals surface area contributed by atoms with E-state index in [1.807, 2.05) is 6.92 Å². The Hall–Kier alpha value is -1.64. The number of aliphatic imine (C=N–C) groups is 1. The molecule has 0 spiro atoms. The molecular formula is C11H13FN2. The van der Waals surface area contributed by atoms with E-state index in [0.717, 1.165) is 12.1 Å². The van der Waals surface area contributed by atoms with Gasteiger partial charge in [-0.2, -0.15) is 0 Å². The van der Waals surface area contributed by atoms with Gasteiger partial charge < -0.3 is 5.73 Å². The lowest BCUT2D eigenvalue weighted by molar-refractivity contribution is 0.628. The highest BCUT2D eigenvalue weighted by Gasteiger charge is 1.94. The van der Waals surface area contributed by atoms with E-state index in [2.05, 4.69) is 4.99 Å². The van der Waals surface area contributed by atoms with Gasteiger partial charge in [0.1, 0.15) is 5.82 Å². The number of hydrogen-bond donors (Lipinski definition) is 1. The summed E-state index contributed by atoms with van der Waals surface area (Å²) in [5, 5.41) is 0. The Labute approximate surface area is 83.0 Å². The first-order valence-electron chi connectivity index (χ1n) is 4.47. The molecule has 0 aliphatic rings. The van der Waals surface area contributed by atoms with E-state index in [1.165, 1.54) is 18.3 Å². The molecule has 2 nitrogen and oxygen atoms in total. The molecule has 0 aromatic heterocycles. The van der Waals surface area contributed by atoms with E-state index in [-0.39, 0.29) is 5.82 Å². The zero-order valence-corrected chi connectivity index (χ0v) is 8.07. The van der Waals surface area contributed by atoms with Crippen molar-refractivity contribution in [1.82, 2.24) is 0 Å². The van der Waals surface area contributed by atoms with Crippen LogP contribution in [-0.4, -0.2) is 5.71 Å². The maximum atomic E-state index is 12.8. The molecule has 0 radical (unpaired) electrons. The second-order valence-electron chi connectivity index (χ2n) is 2.80. The van der Waals surface area contributed by atoms with Crippen molar-refractivity contribution >= 4 is 11.4 Å². The number of halogens is 1. The van der Waals surface area contributed by atoms with Crippen molar-refractivity contribution in [3.8, 4) is 0 Å². The highest BCUT2D eigenvalue weighted by Crippen LogP contribution is 2.13. The average Bonchev–Trinajstić information content (AvgIpc) is 2.17. The molecule has 74 valence electrons. The maximum Gasteiger partial charge on any atom is 0.125 e. The first kappa shape index (κ1) is 10.4. The van der Waals surface area contributed by atoms with Crippen LogP contribution in [0.3, 0.4) is 0 Å². The molecule has 0 amide bonds. The van der Waals surface area contributed by atoms with Gasteiger partial charge in [-0.05, 0) is 36.9 Å². The Morgan fingerprint density at radius 1 is 1.57 bits per heavy atom. The van der Waals surface area contributed by atoms with E-state index in [9.17, 15) is 4.39 Å². The minimum atomic E-state index is -0.279. The summed E-state index contributed by atoms with van der Waals surface area (Å²) in [6, 6.07) is 6.17. The van der Waals surface area contributed by atoms with Crippen molar-refractivity contribution in [3.63, 3.8) is 0 Å². The number of allylic oxidation sites excluding steroid dienone is 1. The van der Waals surface area contributed by atoms with Crippen molar-refractivity contribution < 1.29 is 4.39 Å². The number of benzene rings is 1. The maximum absolute atomic E-state index is 12.8. The number of nitrogens with zero attached hydrogens (tertiary/aromatic N) is 1. The lowest BCUT2D eigenvalue weighted by Crippen LogP contribution is -1.91. The van der Waals surface area contributed by atoms with Crippen LogP contribution in [0.5, 0.6) is 0 Å². The fraction of sp³-hybridized carbons (Fsp3) is 0.182. The van der Waals surface area contributed by atoms with E-state index >= 15 is 0 Å². The summed E-state index contributed by atoms with van der Waals surface area (Å²) in [4.78, 5) is 4.24. The van der Waals surface area contributed by atoms with Gasteiger partial charge >= 0.3 is 0 Å². The zero-order chi connectivity index (χ0) is 10.4. The molecule has 1 rings (SSSR count). The fourth-order valence-electron chi connectivity index (χ4n) is 1.06. The molecule has 0 aliphatic carbocycles. The summed E-state index contributed by atoms with van der Waals surface area (Å²) in [5.41, 5.74) is 6.70. The summed E-state index contributed by atoms with van der Waals surface area (Å²) in [7, 11) is 0. The summed E-state index contributed by atoms with van der Waals surface area (Å²) < 4.78 is 12.8. The molecule has 0 saturated carbocycles. The summed E-state index contributed by atoms with van der Waals surface area (Å²) in [6.07, 6.45) is 3.91. The van der Waals surface area contributed by atoms with Crippen LogP contribution in [0.15, 0.2) is 41.5 Å². The van der Waals surface area contributed by atoms with Gasteiger partial charge in [-0.15, -0.1) is 0 Å². The molecule has 14 heavy (non-hydrogen) atoms. The van der Waals surface area contributed by atoms with Gasteiger partial charge in [0, 0.05) is 5.71 Å². The van der Waals surface area contributed by atoms with E-state index < -0.39 is 0 Å². The molecule has 0 atom stereocenters. The van der Waals surface area contributed by atoms with Gasteiger partial charge in [0.2, 0.25) is 0 Å². The molecule has 0 saturated heterocycles. The Morgan fingerprint density at radius 2 is 2.36 bits per heavy atom. The molecular weight excluding hydrogens is 179 g/mol. The molecule has 3 heteroatoms. The standard InChI is InChI=1S/C11H13FN2/c1-2-10(6-7-13)14-11-5-3-4-9(12)8-11/h3-8H,2,13H2,1H3/b7-6-,14-10?. The second kappa shape index (κ2) is 5.17. The van der Waals surface area contributed by atoms with Crippen LogP contribution < -0.4 is 5.73 Å². The summed E-state index contributed by atoms with van der Waals surface area (Å²) in [6.45, 7) is 1.97. The van der Waals surface area contributed by atoms with Crippen molar-refractivity contribution in [2.24, 2.45) is 10.7 Å². The second-order valence-corrected chi connectivity index (χ2v) is 2.80. The van der Waals surface area contributed by atoms with Crippen LogP contribution in [0.4, 0.5) is 10.1 Å². The van der Waals surface area contributed by atoms with Gasteiger partial charge in [0.05, 0.1) is 5.69 Å². The van der Waals surface area contributed by atoms with E-state index in [0.29, 0.717) is 5.69 Å². The third kappa shape index (κ3) is 3.01.